The minimum Gasteiger partial charge on any atom is -0.466 e. The number of likely N-dealkylation sites (tertiary alicyclic amines) is 1. The van der Waals surface area contributed by atoms with Gasteiger partial charge >= 0.3 is 18.0 Å². The van der Waals surface area contributed by atoms with Gasteiger partial charge in [0.05, 0.1) is 30.7 Å². The molecule has 1 rings (SSSR count). The van der Waals surface area contributed by atoms with Crippen LogP contribution in [0.2, 0.25) is 0 Å². The van der Waals surface area contributed by atoms with E-state index in [0.717, 1.165) is 0 Å². The van der Waals surface area contributed by atoms with Crippen molar-refractivity contribution in [1.82, 2.24) is 10.2 Å². The van der Waals surface area contributed by atoms with Crippen molar-refractivity contribution >= 4 is 23.9 Å². The van der Waals surface area contributed by atoms with Gasteiger partial charge in [-0.1, -0.05) is 25.5 Å². The van der Waals surface area contributed by atoms with Crippen LogP contribution in [0.1, 0.15) is 94.9 Å². The normalized spacial score (nSPS) is 22.5. The van der Waals surface area contributed by atoms with Crippen molar-refractivity contribution in [2.75, 3.05) is 6.61 Å². The quantitative estimate of drug-likeness (QED) is 0.242. The first kappa shape index (κ1) is 33.4. The second-order valence-electron chi connectivity index (χ2n) is 11.9. The Morgan fingerprint density at radius 2 is 1.63 bits per heavy atom. The predicted octanol–water partition coefficient (Wildman–Crippen LogP) is 3.89. The van der Waals surface area contributed by atoms with E-state index in [-0.39, 0.29) is 19.4 Å². The fraction of sp³-hybridized carbons (Fsp3) is 0.786. The fourth-order valence-corrected chi connectivity index (χ4v) is 4.92. The molecule has 1 fully saturated rings. The Labute approximate surface area is 227 Å². The van der Waals surface area contributed by atoms with E-state index in [9.17, 15) is 24.3 Å². The van der Waals surface area contributed by atoms with E-state index in [4.69, 9.17) is 14.2 Å². The molecule has 1 aliphatic heterocycles. The Hall–Kier alpha value is -2.62. The molecule has 0 radical (unpaired) electrons. The van der Waals surface area contributed by atoms with Crippen LogP contribution in [0.3, 0.4) is 0 Å². The van der Waals surface area contributed by atoms with Crippen LogP contribution in [-0.4, -0.2) is 75.5 Å². The smallest absolute Gasteiger partial charge is 0.411 e. The first-order valence-electron chi connectivity index (χ1n) is 13.4. The van der Waals surface area contributed by atoms with Gasteiger partial charge in [-0.3, -0.25) is 14.5 Å². The summed E-state index contributed by atoms with van der Waals surface area (Å²) in [5, 5.41) is 14.8. The van der Waals surface area contributed by atoms with E-state index in [1.807, 2.05) is 13.0 Å². The molecule has 0 aromatic rings. The molecule has 38 heavy (non-hydrogen) atoms. The van der Waals surface area contributed by atoms with Gasteiger partial charge in [0.15, 0.2) is 0 Å². The molecular weight excluding hydrogens is 492 g/mol. The summed E-state index contributed by atoms with van der Waals surface area (Å²) < 4.78 is 16.5. The number of carbonyl (C=O) groups is 4. The average Bonchev–Trinajstić information content (AvgIpc) is 3.09. The number of nitrogens with one attached hydrogen (secondary N) is 1. The van der Waals surface area contributed by atoms with Crippen LogP contribution < -0.4 is 5.32 Å². The Balaban J connectivity index is 3.82. The number of allylic oxidation sites excluding steroid dienone is 1. The zero-order valence-corrected chi connectivity index (χ0v) is 24.8. The lowest BCUT2D eigenvalue weighted by Crippen LogP contribution is -2.65. The maximum Gasteiger partial charge on any atom is 0.411 e. The van der Waals surface area contributed by atoms with Crippen LogP contribution in [0, 0.1) is 5.92 Å². The van der Waals surface area contributed by atoms with Crippen LogP contribution in [0.4, 0.5) is 4.79 Å². The minimum atomic E-state index is -1.78. The zero-order chi connectivity index (χ0) is 29.5. The SMILES string of the molecule is C/C=C\[C@@H]1C[C@H](C(=O)OC(C)(C)C)N(C(=O)OC(C)(C)C)[C@H]1[C@@H](NC(C)=O)[C@@](O)(CCC)CC(=O)OCC. The van der Waals surface area contributed by atoms with E-state index in [1.54, 1.807) is 61.5 Å². The second-order valence-corrected chi connectivity index (χ2v) is 11.9. The highest BCUT2D eigenvalue weighted by Gasteiger charge is 2.56. The van der Waals surface area contributed by atoms with E-state index >= 15 is 0 Å². The predicted molar refractivity (Wildman–Crippen MR) is 143 cm³/mol. The van der Waals surface area contributed by atoms with Crippen LogP contribution in [0.15, 0.2) is 12.2 Å². The number of esters is 2. The molecule has 0 spiro atoms. The highest BCUT2D eigenvalue weighted by Crippen LogP contribution is 2.40. The molecule has 2 N–H and O–H groups in total. The summed E-state index contributed by atoms with van der Waals surface area (Å²) in [7, 11) is 0. The minimum absolute atomic E-state index is 0.126. The first-order chi connectivity index (χ1) is 17.4. The van der Waals surface area contributed by atoms with E-state index in [1.165, 1.54) is 11.8 Å². The summed E-state index contributed by atoms with van der Waals surface area (Å²) in [5.41, 5.74) is -3.47. The van der Waals surface area contributed by atoms with Crippen LogP contribution in [-0.2, 0) is 28.6 Å². The van der Waals surface area contributed by atoms with Gasteiger partial charge in [0.1, 0.15) is 17.2 Å². The van der Waals surface area contributed by atoms with Crippen molar-refractivity contribution in [3.63, 3.8) is 0 Å². The summed E-state index contributed by atoms with van der Waals surface area (Å²) in [4.78, 5) is 53.4. The molecule has 10 heteroatoms. The number of carbonyl (C=O) groups excluding carboxylic acids is 4. The van der Waals surface area contributed by atoms with Gasteiger partial charge in [0, 0.05) is 12.8 Å². The molecule has 0 aromatic carbocycles. The van der Waals surface area contributed by atoms with Crippen molar-refractivity contribution < 1.29 is 38.5 Å². The molecule has 218 valence electrons. The van der Waals surface area contributed by atoms with Gasteiger partial charge < -0.3 is 24.6 Å². The third kappa shape index (κ3) is 9.60. The van der Waals surface area contributed by atoms with E-state index in [0.29, 0.717) is 6.42 Å². The standard InChI is InChI=1S/C28H48N2O8/c1-11-14-19-16-20(24(33)37-26(5,6)7)30(25(34)38-27(8,9)10)22(19)23(29-18(4)31)28(35,15-12-2)17-21(32)36-13-3/h11,14,19-20,22-23,35H,12-13,15-17H2,1-10H3,(H,29,31)/b14-11-/t19-,20-,22-,23-,28-/m1/s1. The Kier molecular flexibility index (Phi) is 11.8. The molecule has 0 aromatic heterocycles. The lowest BCUT2D eigenvalue weighted by Gasteiger charge is -2.44. The lowest BCUT2D eigenvalue weighted by molar-refractivity contribution is -0.162. The number of aliphatic hydroxyl groups is 1. The van der Waals surface area contributed by atoms with Crippen LogP contribution in [0.5, 0.6) is 0 Å². The third-order valence-corrected chi connectivity index (χ3v) is 6.03. The largest absolute Gasteiger partial charge is 0.466 e. The molecule has 2 amide bonds. The topological polar surface area (TPSA) is 131 Å². The van der Waals surface area contributed by atoms with Crippen molar-refractivity contribution in [1.29, 1.82) is 0 Å². The summed E-state index contributed by atoms with van der Waals surface area (Å²) in [5.74, 6) is -2.18. The van der Waals surface area contributed by atoms with Gasteiger partial charge in [-0.25, -0.2) is 9.59 Å². The van der Waals surface area contributed by atoms with Crippen molar-refractivity contribution in [2.24, 2.45) is 5.92 Å². The third-order valence-electron chi connectivity index (χ3n) is 6.03. The molecule has 1 aliphatic rings. The Morgan fingerprint density at radius 1 is 1.05 bits per heavy atom. The summed E-state index contributed by atoms with van der Waals surface area (Å²) in [6.45, 7) is 17.1. The van der Waals surface area contributed by atoms with E-state index < -0.39 is 71.2 Å². The monoisotopic (exact) mass is 540 g/mol. The summed E-state index contributed by atoms with van der Waals surface area (Å²) in [6.07, 6.45) is 3.23. The molecule has 0 unspecified atom stereocenters. The number of ether oxygens (including phenoxy) is 3. The van der Waals surface area contributed by atoms with Crippen molar-refractivity contribution in [3.8, 4) is 0 Å². The van der Waals surface area contributed by atoms with Gasteiger partial charge in [-0.15, -0.1) is 0 Å². The maximum absolute atomic E-state index is 13.7. The second kappa shape index (κ2) is 13.4. The zero-order valence-electron chi connectivity index (χ0n) is 24.8. The Bertz CT molecular complexity index is 873. The van der Waals surface area contributed by atoms with Crippen LogP contribution in [0.25, 0.3) is 0 Å². The number of rotatable bonds is 10. The molecule has 0 saturated carbocycles. The van der Waals surface area contributed by atoms with Gasteiger partial charge in [-0.2, -0.15) is 0 Å². The van der Waals surface area contributed by atoms with Gasteiger partial charge in [0.25, 0.3) is 0 Å². The highest BCUT2D eigenvalue weighted by atomic mass is 16.6. The molecule has 1 heterocycles. The highest BCUT2D eigenvalue weighted by molar-refractivity contribution is 5.83. The summed E-state index contributed by atoms with van der Waals surface area (Å²) in [6, 6.07) is -3.08. The molecule has 5 atom stereocenters. The van der Waals surface area contributed by atoms with Crippen LogP contribution >= 0.6 is 0 Å². The van der Waals surface area contributed by atoms with Crippen molar-refractivity contribution in [2.45, 2.75) is 130 Å². The van der Waals surface area contributed by atoms with Gasteiger partial charge in [-0.05, 0) is 68.2 Å². The fourth-order valence-electron chi connectivity index (χ4n) is 4.92. The molecular formula is C28H48N2O8. The van der Waals surface area contributed by atoms with E-state index in [2.05, 4.69) is 5.32 Å². The molecule has 0 aliphatic carbocycles. The Morgan fingerprint density at radius 3 is 2.08 bits per heavy atom. The first-order valence-corrected chi connectivity index (χ1v) is 13.4. The number of amides is 2. The maximum atomic E-state index is 13.7. The number of hydrogen-bond acceptors (Lipinski definition) is 8. The lowest BCUT2D eigenvalue weighted by atomic mass is 9.78. The molecule has 0 bridgehead atoms. The molecule has 10 nitrogen and oxygen atoms in total. The summed E-state index contributed by atoms with van der Waals surface area (Å²) >= 11 is 0. The van der Waals surface area contributed by atoms with Gasteiger partial charge in [0.2, 0.25) is 5.91 Å². The average molecular weight is 541 g/mol. The molecule has 1 saturated heterocycles. The number of hydrogen-bond donors (Lipinski definition) is 2. The number of nitrogens with zero attached hydrogens (tertiary/aromatic N) is 1. The van der Waals surface area contributed by atoms with Crippen molar-refractivity contribution in [3.05, 3.63) is 12.2 Å².